The standard InChI is InChI=1S/C16H21N3O4/c20-12-17-7-9-19(10-8-17)15(21)13-3-5-18(6-4-13)16(22)14-2-1-11-23-14/h1-2,11-13H,3-10H2. The minimum atomic E-state index is -0.111. The molecule has 1 aromatic rings. The van der Waals surface area contributed by atoms with Crippen LogP contribution >= 0.6 is 0 Å². The molecule has 0 radical (unpaired) electrons. The van der Waals surface area contributed by atoms with Crippen LogP contribution in [0.2, 0.25) is 0 Å². The fourth-order valence-electron chi connectivity index (χ4n) is 3.19. The lowest BCUT2D eigenvalue weighted by molar-refractivity contribution is -0.140. The van der Waals surface area contributed by atoms with Crippen molar-refractivity contribution in [2.75, 3.05) is 39.3 Å². The number of amides is 3. The quantitative estimate of drug-likeness (QED) is 0.758. The predicted octanol–water partition coefficient (Wildman–Crippen LogP) is 0.432. The Morgan fingerprint density at radius 1 is 1.04 bits per heavy atom. The third kappa shape index (κ3) is 3.38. The molecule has 2 fully saturated rings. The molecule has 0 spiro atoms. The van der Waals surface area contributed by atoms with Gasteiger partial charge in [-0.15, -0.1) is 0 Å². The van der Waals surface area contributed by atoms with Crippen molar-refractivity contribution in [1.82, 2.24) is 14.7 Å². The number of piperazine rings is 1. The van der Waals surface area contributed by atoms with Crippen LogP contribution in [0.1, 0.15) is 23.4 Å². The second-order valence-corrected chi connectivity index (χ2v) is 6.01. The Morgan fingerprint density at radius 2 is 1.74 bits per heavy atom. The van der Waals surface area contributed by atoms with E-state index in [1.54, 1.807) is 21.9 Å². The molecule has 0 aliphatic carbocycles. The first kappa shape index (κ1) is 15.6. The number of nitrogens with zero attached hydrogens (tertiary/aromatic N) is 3. The summed E-state index contributed by atoms with van der Waals surface area (Å²) < 4.78 is 5.14. The van der Waals surface area contributed by atoms with Gasteiger partial charge in [0.05, 0.1) is 6.26 Å². The van der Waals surface area contributed by atoms with Gasteiger partial charge in [0.25, 0.3) is 5.91 Å². The van der Waals surface area contributed by atoms with Crippen molar-refractivity contribution < 1.29 is 18.8 Å². The van der Waals surface area contributed by atoms with Gasteiger partial charge in [-0.2, -0.15) is 0 Å². The maximum Gasteiger partial charge on any atom is 0.289 e. The molecule has 0 N–H and O–H groups in total. The van der Waals surface area contributed by atoms with Crippen LogP contribution in [-0.2, 0) is 9.59 Å². The third-order valence-electron chi connectivity index (χ3n) is 4.64. The molecule has 0 saturated carbocycles. The summed E-state index contributed by atoms with van der Waals surface area (Å²) in [4.78, 5) is 40.7. The lowest BCUT2D eigenvalue weighted by atomic mass is 9.94. The van der Waals surface area contributed by atoms with Gasteiger partial charge in [0, 0.05) is 45.2 Å². The molecule has 2 aliphatic heterocycles. The van der Waals surface area contributed by atoms with Crippen LogP contribution in [0.5, 0.6) is 0 Å². The molecule has 3 amide bonds. The zero-order valence-electron chi connectivity index (χ0n) is 13.0. The molecule has 2 aliphatic rings. The number of rotatable bonds is 3. The van der Waals surface area contributed by atoms with Gasteiger partial charge < -0.3 is 19.1 Å². The Labute approximate surface area is 134 Å². The maximum absolute atomic E-state index is 12.6. The zero-order chi connectivity index (χ0) is 16.2. The maximum atomic E-state index is 12.6. The Morgan fingerprint density at radius 3 is 2.30 bits per heavy atom. The molecule has 23 heavy (non-hydrogen) atoms. The van der Waals surface area contributed by atoms with E-state index in [-0.39, 0.29) is 17.7 Å². The Balaban J connectivity index is 1.50. The van der Waals surface area contributed by atoms with Gasteiger partial charge in [0.1, 0.15) is 0 Å². The predicted molar refractivity (Wildman–Crippen MR) is 81.6 cm³/mol. The van der Waals surface area contributed by atoms with Crippen molar-refractivity contribution in [2.45, 2.75) is 12.8 Å². The number of hydrogen-bond acceptors (Lipinski definition) is 4. The van der Waals surface area contributed by atoms with Crippen LogP contribution in [0.15, 0.2) is 22.8 Å². The Kier molecular flexibility index (Phi) is 4.64. The van der Waals surface area contributed by atoms with E-state index in [0.717, 1.165) is 6.41 Å². The first-order chi connectivity index (χ1) is 11.2. The van der Waals surface area contributed by atoms with Crippen LogP contribution in [0.3, 0.4) is 0 Å². The lowest BCUT2D eigenvalue weighted by Crippen LogP contribution is -2.51. The van der Waals surface area contributed by atoms with Gasteiger partial charge in [-0.3, -0.25) is 14.4 Å². The van der Waals surface area contributed by atoms with E-state index >= 15 is 0 Å². The SMILES string of the molecule is O=CN1CCN(C(=O)C2CCN(C(=O)c3ccco3)CC2)CC1. The summed E-state index contributed by atoms with van der Waals surface area (Å²) in [5, 5.41) is 0. The minimum absolute atomic E-state index is 0.0292. The summed E-state index contributed by atoms with van der Waals surface area (Å²) in [5.74, 6) is 0.360. The first-order valence-corrected chi connectivity index (χ1v) is 8.00. The molecule has 7 heteroatoms. The number of carbonyl (C=O) groups is 3. The molecule has 124 valence electrons. The van der Waals surface area contributed by atoms with E-state index in [0.29, 0.717) is 57.9 Å². The van der Waals surface area contributed by atoms with Gasteiger partial charge in [0.15, 0.2) is 5.76 Å². The molecule has 0 unspecified atom stereocenters. The van der Waals surface area contributed by atoms with Crippen molar-refractivity contribution >= 4 is 18.2 Å². The highest BCUT2D eigenvalue weighted by Gasteiger charge is 2.32. The van der Waals surface area contributed by atoms with Crippen molar-refractivity contribution in [1.29, 1.82) is 0 Å². The first-order valence-electron chi connectivity index (χ1n) is 8.00. The minimum Gasteiger partial charge on any atom is -0.459 e. The van der Waals surface area contributed by atoms with Gasteiger partial charge in [-0.1, -0.05) is 0 Å². The van der Waals surface area contributed by atoms with Crippen molar-refractivity contribution in [3.8, 4) is 0 Å². The van der Waals surface area contributed by atoms with Crippen LogP contribution in [0.25, 0.3) is 0 Å². The highest BCUT2D eigenvalue weighted by atomic mass is 16.3. The van der Waals surface area contributed by atoms with E-state index in [1.165, 1.54) is 6.26 Å². The second kappa shape index (κ2) is 6.85. The Hall–Kier alpha value is -2.31. The number of carbonyl (C=O) groups excluding carboxylic acids is 3. The topological polar surface area (TPSA) is 74.1 Å². The molecular formula is C16H21N3O4. The van der Waals surface area contributed by atoms with E-state index in [4.69, 9.17) is 4.42 Å². The summed E-state index contributed by atoms with van der Waals surface area (Å²) >= 11 is 0. The summed E-state index contributed by atoms with van der Waals surface area (Å²) in [6, 6.07) is 3.36. The molecule has 2 saturated heterocycles. The average molecular weight is 319 g/mol. The number of likely N-dealkylation sites (tertiary alicyclic amines) is 1. The fraction of sp³-hybridized carbons (Fsp3) is 0.562. The summed E-state index contributed by atoms with van der Waals surface area (Å²) in [6.45, 7) is 3.55. The summed E-state index contributed by atoms with van der Waals surface area (Å²) in [7, 11) is 0. The highest BCUT2D eigenvalue weighted by Crippen LogP contribution is 2.22. The average Bonchev–Trinajstić information content (AvgIpc) is 3.15. The van der Waals surface area contributed by atoms with Crippen molar-refractivity contribution in [2.24, 2.45) is 5.92 Å². The van der Waals surface area contributed by atoms with Crippen LogP contribution < -0.4 is 0 Å². The molecule has 3 rings (SSSR count). The molecule has 3 heterocycles. The highest BCUT2D eigenvalue weighted by molar-refractivity contribution is 5.91. The molecule has 0 atom stereocenters. The molecule has 0 aromatic carbocycles. The molecule has 7 nitrogen and oxygen atoms in total. The number of piperidine rings is 1. The number of furan rings is 1. The van der Waals surface area contributed by atoms with E-state index in [1.807, 2.05) is 4.90 Å². The van der Waals surface area contributed by atoms with Crippen LogP contribution in [-0.4, -0.2) is 72.2 Å². The molecular weight excluding hydrogens is 298 g/mol. The molecule has 1 aromatic heterocycles. The monoisotopic (exact) mass is 319 g/mol. The fourth-order valence-corrected chi connectivity index (χ4v) is 3.19. The van der Waals surface area contributed by atoms with E-state index in [2.05, 4.69) is 0 Å². The zero-order valence-corrected chi connectivity index (χ0v) is 13.0. The van der Waals surface area contributed by atoms with E-state index < -0.39 is 0 Å². The van der Waals surface area contributed by atoms with Crippen molar-refractivity contribution in [3.63, 3.8) is 0 Å². The van der Waals surface area contributed by atoms with Crippen LogP contribution in [0, 0.1) is 5.92 Å². The van der Waals surface area contributed by atoms with Gasteiger partial charge >= 0.3 is 0 Å². The van der Waals surface area contributed by atoms with Crippen LogP contribution in [0.4, 0.5) is 0 Å². The van der Waals surface area contributed by atoms with Gasteiger partial charge in [0.2, 0.25) is 12.3 Å². The Bertz CT molecular complexity index is 556. The van der Waals surface area contributed by atoms with Crippen molar-refractivity contribution in [3.05, 3.63) is 24.2 Å². The number of hydrogen-bond donors (Lipinski definition) is 0. The van der Waals surface area contributed by atoms with Gasteiger partial charge in [-0.05, 0) is 25.0 Å². The lowest BCUT2D eigenvalue weighted by Gasteiger charge is -2.37. The second-order valence-electron chi connectivity index (χ2n) is 6.01. The smallest absolute Gasteiger partial charge is 0.289 e. The third-order valence-corrected chi connectivity index (χ3v) is 4.64. The van der Waals surface area contributed by atoms with Gasteiger partial charge in [-0.25, -0.2) is 0 Å². The van der Waals surface area contributed by atoms with E-state index in [9.17, 15) is 14.4 Å². The largest absolute Gasteiger partial charge is 0.459 e. The molecule has 0 bridgehead atoms. The normalized spacial score (nSPS) is 19.7. The summed E-state index contributed by atoms with van der Waals surface area (Å²) in [5.41, 5.74) is 0. The summed E-state index contributed by atoms with van der Waals surface area (Å²) in [6.07, 6.45) is 3.68.